The highest BCUT2D eigenvalue weighted by Gasteiger charge is 2.32. The number of hydrogen-bond acceptors (Lipinski definition) is 3. The maximum Gasteiger partial charge on any atom is 0.448 e. The van der Waals surface area contributed by atoms with E-state index in [0.717, 1.165) is 28.3 Å². The average molecular weight is 354 g/mol. The van der Waals surface area contributed by atoms with Crippen molar-refractivity contribution in [1.29, 1.82) is 0 Å². The normalized spacial score (nSPS) is 11.9. The van der Waals surface area contributed by atoms with Gasteiger partial charge >= 0.3 is 5.51 Å². The molecule has 0 aliphatic carbocycles. The Morgan fingerprint density at radius 3 is 2.17 bits per heavy atom. The summed E-state index contributed by atoms with van der Waals surface area (Å²) in [6, 6.07) is 13.2. The van der Waals surface area contributed by atoms with Crippen LogP contribution in [-0.2, 0) is 0 Å². The minimum atomic E-state index is -4.34. The molecule has 3 rings (SSSR count). The second-order valence-electron chi connectivity index (χ2n) is 5.00. The molecule has 7 heteroatoms. The first kappa shape index (κ1) is 16.1. The lowest BCUT2D eigenvalue weighted by molar-refractivity contribution is -0.0328. The second-order valence-corrected chi connectivity index (χ2v) is 7.29. The molecule has 0 unspecified atom stereocenters. The molecule has 0 fully saturated rings. The molecule has 0 amide bonds. The molecule has 2 nitrogen and oxygen atoms in total. The fraction of sp³-hybridized carbons (Fsp3) is 0.188. The molecule has 0 saturated carbocycles. The van der Waals surface area contributed by atoms with Gasteiger partial charge in [0.1, 0.15) is 10.7 Å². The summed E-state index contributed by atoms with van der Waals surface area (Å²) >= 11 is 0.896. The average Bonchev–Trinajstić information content (AvgIpc) is 3.01. The summed E-state index contributed by atoms with van der Waals surface area (Å²) in [5.41, 5.74) is -1.03. The minimum Gasteiger partial charge on any atom is -0.308 e. The molecule has 2 heterocycles. The molecule has 0 saturated heterocycles. The molecule has 0 spiro atoms. The van der Waals surface area contributed by atoms with E-state index < -0.39 is 5.51 Å². The Bertz CT molecular complexity index is 800. The van der Waals surface area contributed by atoms with Crippen molar-refractivity contribution in [2.75, 3.05) is 0 Å². The molecule has 1 aromatic carbocycles. The van der Waals surface area contributed by atoms with Gasteiger partial charge in [0.05, 0.1) is 0 Å². The number of nitrogens with zero attached hydrogens (tertiary/aromatic N) is 2. The molecule has 3 aromatic rings. The Morgan fingerprint density at radius 1 is 1.00 bits per heavy atom. The van der Waals surface area contributed by atoms with Crippen LogP contribution in [0.4, 0.5) is 13.2 Å². The van der Waals surface area contributed by atoms with Gasteiger partial charge in [-0.1, -0.05) is 41.7 Å². The van der Waals surface area contributed by atoms with Crippen molar-refractivity contribution in [1.82, 2.24) is 9.55 Å². The van der Waals surface area contributed by atoms with Gasteiger partial charge in [-0.05, 0) is 26.0 Å². The van der Waals surface area contributed by atoms with E-state index >= 15 is 0 Å². The maximum atomic E-state index is 12.7. The van der Waals surface area contributed by atoms with Crippen molar-refractivity contribution in [2.45, 2.75) is 23.7 Å². The molecule has 0 N–H and O–H groups in total. The quantitative estimate of drug-likeness (QED) is 0.551. The molecule has 0 bridgehead atoms. The summed E-state index contributed by atoms with van der Waals surface area (Å²) < 4.78 is 40.1. The van der Waals surface area contributed by atoms with Gasteiger partial charge in [0, 0.05) is 28.7 Å². The molecule has 2 aromatic heterocycles. The number of thioether (sulfide) groups is 1. The number of benzene rings is 1. The van der Waals surface area contributed by atoms with Gasteiger partial charge in [-0.15, -0.1) is 0 Å². The first-order valence-electron chi connectivity index (χ1n) is 6.82. The first-order chi connectivity index (χ1) is 10.8. The van der Waals surface area contributed by atoms with E-state index in [1.54, 1.807) is 0 Å². The fourth-order valence-corrected chi connectivity index (χ4v) is 4.32. The lowest BCUT2D eigenvalue weighted by Gasteiger charge is -2.08. The van der Waals surface area contributed by atoms with Crippen LogP contribution in [0.15, 0.2) is 46.8 Å². The summed E-state index contributed by atoms with van der Waals surface area (Å²) in [5, 5.41) is 0.711. The van der Waals surface area contributed by atoms with Crippen molar-refractivity contribution in [3.8, 4) is 16.3 Å². The zero-order valence-electron chi connectivity index (χ0n) is 12.4. The summed E-state index contributed by atoms with van der Waals surface area (Å²) in [6.07, 6.45) is 0. The maximum absolute atomic E-state index is 12.7. The smallest absolute Gasteiger partial charge is 0.308 e. The van der Waals surface area contributed by atoms with Gasteiger partial charge in [0.15, 0.2) is 4.34 Å². The number of halogens is 3. The number of aromatic nitrogens is 2. The predicted octanol–water partition coefficient (Wildman–Crippen LogP) is 5.83. The standard InChI is InChI=1S/C16H13F3N2S2/c1-10-8-9-11(2)21(10)14-13(12-6-4-3-5-7-12)20-15(22-14)23-16(17,18)19/h3-9H,1-2H3. The number of rotatable bonds is 3. The monoisotopic (exact) mass is 354 g/mol. The van der Waals surface area contributed by atoms with E-state index in [1.807, 2.05) is 60.9 Å². The van der Waals surface area contributed by atoms with E-state index in [4.69, 9.17) is 0 Å². The lowest BCUT2D eigenvalue weighted by Crippen LogP contribution is -1.98. The summed E-state index contributed by atoms with van der Waals surface area (Å²) in [4.78, 5) is 4.24. The fourth-order valence-electron chi connectivity index (χ4n) is 2.36. The summed E-state index contributed by atoms with van der Waals surface area (Å²) in [5.74, 6) is 0. The highest BCUT2D eigenvalue weighted by Crippen LogP contribution is 2.43. The molecule has 0 aliphatic rings. The third-order valence-electron chi connectivity index (χ3n) is 3.31. The number of thiazole rings is 1. The van der Waals surface area contributed by atoms with Crippen molar-refractivity contribution < 1.29 is 13.2 Å². The van der Waals surface area contributed by atoms with Crippen LogP contribution in [0.2, 0.25) is 0 Å². The molecule has 0 atom stereocenters. The molecular formula is C16H13F3N2S2. The molecule has 23 heavy (non-hydrogen) atoms. The SMILES string of the molecule is Cc1ccc(C)n1-c1sc(SC(F)(F)F)nc1-c1ccccc1. The first-order valence-corrected chi connectivity index (χ1v) is 8.46. The third-order valence-corrected chi connectivity index (χ3v) is 5.15. The van der Waals surface area contributed by atoms with Gasteiger partial charge in [0.2, 0.25) is 0 Å². The van der Waals surface area contributed by atoms with E-state index in [-0.39, 0.29) is 16.1 Å². The van der Waals surface area contributed by atoms with Gasteiger partial charge in [-0.2, -0.15) is 13.2 Å². The second kappa shape index (κ2) is 6.05. The molecule has 0 aliphatic heterocycles. The third kappa shape index (κ3) is 3.45. The lowest BCUT2D eigenvalue weighted by atomic mass is 10.1. The molecular weight excluding hydrogens is 341 g/mol. The van der Waals surface area contributed by atoms with E-state index in [0.29, 0.717) is 10.7 Å². The van der Waals surface area contributed by atoms with Crippen LogP contribution in [0.5, 0.6) is 0 Å². The summed E-state index contributed by atoms with van der Waals surface area (Å²) in [6.45, 7) is 3.86. The molecule has 0 radical (unpaired) electrons. The van der Waals surface area contributed by atoms with Crippen molar-refractivity contribution in [2.24, 2.45) is 0 Å². The topological polar surface area (TPSA) is 17.8 Å². The van der Waals surface area contributed by atoms with Crippen LogP contribution >= 0.6 is 23.1 Å². The van der Waals surface area contributed by atoms with Crippen LogP contribution in [-0.4, -0.2) is 15.1 Å². The Kier molecular flexibility index (Phi) is 4.25. The van der Waals surface area contributed by atoms with Gasteiger partial charge in [-0.3, -0.25) is 0 Å². The Balaban J connectivity index is 2.17. The van der Waals surface area contributed by atoms with Gasteiger partial charge in [0.25, 0.3) is 0 Å². The van der Waals surface area contributed by atoms with Crippen LogP contribution in [0, 0.1) is 13.8 Å². The number of hydrogen-bond donors (Lipinski definition) is 0. The van der Waals surface area contributed by atoms with Crippen molar-refractivity contribution in [3.63, 3.8) is 0 Å². The van der Waals surface area contributed by atoms with Crippen molar-refractivity contribution in [3.05, 3.63) is 53.9 Å². The predicted molar refractivity (Wildman–Crippen MR) is 88.3 cm³/mol. The van der Waals surface area contributed by atoms with Crippen LogP contribution < -0.4 is 0 Å². The van der Waals surface area contributed by atoms with Crippen LogP contribution in [0.25, 0.3) is 16.3 Å². The Labute approximate surface area is 140 Å². The molecule has 120 valence electrons. The van der Waals surface area contributed by atoms with E-state index in [1.165, 1.54) is 0 Å². The van der Waals surface area contributed by atoms with Crippen LogP contribution in [0.3, 0.4) is 0 Å². The number of aryl methyl sites for hydroxylation is 2. The van der Waals surface area contributed by atoms with Gasteiger partial charge < -0.3 is 4.57 Å². The van der Waals surface area contributed by atoms with Crippen LogP contribution in [0.1, 0.15) is 11.4 Å². The zero-order chi connectivity index (χ0) is 16.6. The van der Waals surface area contributed by atoms with E-state index in [9.17, 15) is 13.2 Å². The number of alkyl halides is 3. The highest BCUT2D eigenvalue weighted by molar-refractivity contribution is 8.01. The van der Waals surface area contributed by atoms with Crippen molar-refractivity contribution >= 4 is 23.1 Å². The van der Waals surface area contributed by atoms with E-state index in [2.05, 4.69) is 4.98 Å². The highest BCUT2D eigenvalue weighted by atomic mass is 32.2. The van der Waals surface area contributed by atoms with Gasteiger partial charge in [-0.25, -0.2) is 4.98 Å². The zero-order valence-corrected chi connectivity index (χ0v) is 14.0. The largest absolute Gasteiger partial charge is 0.448 e. The minimum absolute atomic E-state index is 0.00106. The Morgan fingerprint density at radius 2 is 1.61 bits per heavy atom. The Hall–Kier alpha value is -1.73. The summed E-state index contributed by atoms with van der Waals surface area (Å²) in [7, 11) is 0.